The van der Waals surface area contributed by atoms with Crippen molar-refractivity contribution in [3.8, 4) is 0 Å². The molecule has 5 aromatic carbocycles. The Morgan fingerprint density at radius 3 is 1.80 bits per heavy atom. The van der Waals surface area contributed by atoms with Crippen molar-refractivity contribution in [1.82, 2.24) is 9.55 Å². The molecule has 0 aliphatic rings. The highest BCUT2D eigenvalue weighted by molar-refractivity contribution is 5.95. The Labute approximate surface area is 258 Å². The molecule has 0 spiro atoms. The van der Waals surface area contributed by atoms with Crippen LogP contribution in [0, 0.1) is 5.92 Å². The second-order valence-corrected chi connectivity index (χ2v) is 11.7. The second-order valence-electron chi connectivity index (χ2n) is 11.7. The highest BCUT2D eigenvalue weighted by atomic mass is 16.5. The summed E-state index contributed by atoms with van der Waals surface area (Å²) in [5, 5.41) is 14.4. The van der Waals surface area contributed by atoms with Crippen LogP contribution >= 0.6 is 0 Å². The lowest BCUT2D eigenvalue weighted by Crippen LogP contribution is -2.37. The molecule has 0 fully saturated rings. The molecule has 1 N–H and O–H groups in total. The number of benzene rings is 5. The molecule has 0 radical (unpaired) electrons. The van der Waals surface area contributed by atoms with Crippen LogP contribution in [0.4, 0.5) is 0 Å². The van der Waals surface area contributed by atoms with E-state index in [1.54, 1.807) is 6.07 Å². The minimum absolute atomic E-state index is 0.185. The van der Waals surface area contributed by atoms with Crippen molar-refractivity contribution in [3.05, 3.63) is 173 Å². The molecule has 6 aromatic rings. The number of ether oxygens (including phenoxy) is 1. The Kier molecular flexibility index (Phi) is 7.90. The fraction of sp³-hybridized carbons (Fsp3) is 0.179. The molecule has 220 valence electrons. The van der Waals surface area contributed by atoms with Crippen LogP contribution in [-0.2, 0) is 15.9 Å². The number of fused-ring (bicyclic) bond motifs is 1. The average Bonchev–Trinajstić information content (AvgIpc) is 3.57. The van der Waals surface area contributed by atoms with E-state index in [0.717, 1.165) is 33.0 Å². The molecule has 0 amide bonds. The fourth-order valence-electron chi connectivity index (χ4n) is 6.41. The number of nitrogens with zero attached hydrogens (tertiary/aromatic N) is 2. The summed E-state index contributed by atoms with van der Waals surface area (Å²) in [6.07, 6.45) is 4.32. The summed E-state index contributed by atoms with van der Waals surface area (Å²) in [6, 6.07) is 42.6. The van der Waals surface area contributed by atoms with Crippen LogP contribution < -0.4 is 0 Å². The quantitative estimate of drug-likeness (QED) is 0.139. The van der Waals surface area contributed by atoms with Gasteiger partial charge in [-0.25, -0.2) is 9.78 Å². The Bertz CT molecular complexity index is 1780. The number of hydrogen-bond acceptors (Lipinski definition) is 4. The number of imidazole rings is 1. The predicted molar refractivity (Wildman–Crippen MR) is 175 cm³/mol. The van der Waals surface area contributed by atoms with Gasteiger partial charge in [-0.15, -0.1) is 0 Å². The van der Waals surface area contributed by atoms with E-state index >= 15 is 0 Å². The molecule has 0 aliphatic heterocycles. The number of aliphatic hydroxyl groups is 1. The van der Waals surface area contributed by atoms with Crippen LogP contribution in [0.15, 0.2) is 140 Å². The highest BCUT2D eigenvalue weighted by Crippen LogP contribution is 2.43. The van der Waals surface area contributed by atoms with Crippen molar-refractivity contribution in [1.29, 1.82) is 0 Å². The molecule has 1 aromatic heterocycles. The molecular formula is C39H36N2O3. The van der Waals surface area contributed by atoms with Gasteiger partial charge in [0.1, 0.15) is 11.1 Å². The standard InChI is InChI=1S/C39H36N2O3/c1-28(2)25-38(43,35-22-21-29-23-31(37(42)44-3)20-19-30(29)24-35)36-26-41(27-40-36)39(32-13-7-4-8-14-32,33-15-9-5-10-16-33)34-17-11-6-12-18-34/h4-24,26-28,43H,25H2,1-3H3. The SMILES string of the molecule is COC(=O)c1ccc2cc(C(O)(CC(C)C)c3cn(C(c4ccccc4)(c4ccccc4)c4ccccc4)cn3)ccc2c1. The van der Waals surface area contributed by atoms with Gasteiger partial charge in [0.05, 0.1) is 24.7 Å². The van der Waals surface area contributed by atoms with E-state index in [9.17, 15) is 9.90 Å². The molecule has 0 saturated carbocycles. The molecule has 6 rings (SSSR count). The van der Waals surface area contributed by atoms with Crippen molar-refractivity contribution in [3.63, 3.8) is 0 Å². The number of carbonyl (C=O) groups is 1. The zero-order chi connectivity index (χ0) is 30.7. The Hall–Kier alpha value is -5.00. The van der Waals surface area contributed by atoms with E-state index in [1.807, 2.05) is 61.1 Å². The lowest BCUT2D eigenvalue weighted by molar-refractivity contribution is 0.0534. The van der Waals surface area contributed by atoms with Crippen molar-refractivity contribution >= 4 is 16.7 Å². The lowest BCUT2D eigenvalue weighted by atomic mass is 9.76. The van der Waals surface area contributed by atoms with Crippen LogP contribution in [0.3, 0.4) is 0 Å². The topological polar surface area (TPSA) is 64.3 Å². The minimum atomic E-state index is -1.36. The molecule has 1 heterocycles. The summed E-state index contributed by atoms with van der Waals surface area (Å²) < 4.78 is 7.04. The number of carbonyl (C=O) groups excluding carboxylic acids is 1. The predicted octanol–water partition coefficient (Wildman–Crippen LogP) is 7.95. The largest absolute Gasteiger partial charge is 0.465 e. The maximum absolute atomic E-state index is 12.6. The first kappa shape index (κ1) is 29.1. The minimum Gasteiger partial charge on any atom is -0.465 e. The monoisotopic (exact) mass is 580 g/mol. The number of aromatic nitrogens is 2. The Morgan fingerprint density at radius 1 is 0.750 bits per heavy atom. The van der Waals surface area contributed by atoms with Crippen molar-refractivity contribution in [2.75, 3.05) is 7.11 Å². The smallest absolute Gasteiger partial charge is 0.337 e. The summed E-state index contributed by atoms with van der Waals surface area (Å²) in [5.41, 5.74) is 2.97. The Morgan fingerprint density at radius 2 is 1.27 bits per heavy atom. The molecule has 5 heteroatoms. The molecule has 0 bridgehead atoms. The molecule has 0 saturated heterocycles. The van der Waals surface area contributed by atoms with Gasteiger partial charge in [-0.2, -0.15) is 0 Å². The summed E-state index contributed by atoms with van der Waals surface area (Å²) in [6.45, 7) is 4.21. The van der Waals surface area contributed by atoms with Crippen LogP contribution in [0.5, 0.6) is 0 Å². The maximum Gasteiger partial charge on any atom is 0.337 e. The number of rotatable bonds is 9. The fourth-order valence-corrected chi connectivity index (χ4v) is 6.41. The maximum atomic E-state index is 12.6. The molecule has 0 aliphatic carbocycles. The molecular weight excluding hydrogens is 544 g/mol. The third-order valence-electron chi connectivity index (χ3n) is 8.41. The van der Waals surface area contributed by atoms with Crippen LogP contribution in [0.1, 0.15) is 58.6 Å². The summed E-state index contributed by atoms with van der Waals surface area (Å²) >= 11 is 0. The van der Waals surface area contributed by atoms with E-state index in [2.05, 4.69) is 91.2 Å². The third kappa shape index (κ3) is 5.10. The van der Waals surface area contributed by atoms with Gasteiger partial charge < -0.3 is 14.4 Å². The van der Waals surface area contributed by atoms with Gasteiger partial charge in [-0.05, 0) is 63.6 Å². The zero-order valence-corrected chi connectivity index (χ0v) is 25.2. The van der Waals surface area contributed by atoms with Gasteiger partial charge in [0.25, 0.3) is 0 Å². The summed E-state index contributed by atoms with van der Waals surface area (Å²) in [4.78, 5) is 17.0. The van der Waals surface area contributed by atoms with E-state index in [1.165, 1.54) is 7.11 Å². The molecule has 5 nitrogen and oxygen atoms in total. The van der Waals surface area contributed by atoms with Crippen LogP contribution in [-0.4, -0.2) is 27.7 Å². The number of esters is 1. The van der Waals surface area contributed by atoms with Crippen molar-refractivity contribution < 1.29 is 14.6 Å². The van der Waals surface area contributed by atoms with Gasteiger partial charge in [0.2, 0.25) is 0 Å². The first-order valence-corrected chi connectivity index (χ1v) is 14.9. The first-order valence-electron chi connectivity index (χ1n) is 14.9. The van der Waals surface area contributed by atoms with E-state index < -0.39 is 11.1 Å². The number of methoxy groups -OCH3 is 1. The first-order chi connectivity index (χ1) is 21.4. The second kappa shape index (κ2) is 11.9. The lowest BCUT2D eigenvalue weighted by Gasteiger charge is -2.37. The van der Waals surface area contributed by atoms with Crippen molar-refractivity contribution in [2.45, 2.75) is 31.4 Å². The zero-order valence-electron chi connectivity index (χ0n) is 25.2. The van der Waals surface area contributed by atoms with Crippen LogP contribution in [0.2, 0.25) is 0 Å². The van der Waals surface area contributed by atoms with Gasteiger partial charge in [-0.3, -0.25) is 0 Å². The van der Waals surface area contributed by atoms with Crippen molar-refractivity contribution in [2.24, 2.45) is 5.92 Å². The average molecular weight is 581 g/mol. The van der Waals surface area contributed by atoms with Gasteiger partial charge in [0.15, 0.2) is 0 Å². The van der Waals surface area contributed by atoms with E-state index in [4.69, 9.17) is 9.72 Å². The number of hydrogen-bond donors (Lipinski definition) is 1. The molecule has 44 heavy (non-hydrogen) atoms. The van der Waals surface area contributed by atoms with Crippen LogP contribution in [0.25, 0.3) is 10.8 Å². The summed E-state index contributed by atoms with van der Waals surface area (Å²) in [5.74, 6) is -0.193. The van der Waals surface area contributed by atoms with E-state index in [0.29, 0.717) is 17.7 Å². The van der Waals surface area contributed by atoms with Gasteiger partial charge in [-0.1, -0.05) is 123 Å². The van der Waals surface area contributed by atoms with Gasteiger partial charge >= 0.3 is 5.97 Å². The Balaban J connectivity index is 1.55. The summed E-state index contributed by atoms with van der Waals surface area (Å²) in [7, 11) is 1.38. The highest BCUT2D eigenvalue weighted by Gasteiger charge is 2.41. The van der Waals surface area contributed by atoms with E-state index in [-0.39, 0.29) is 11.9 Å². The molecule has 1 atom stereocenters. The van der Waals surface area contributed by atoms with Gasteiger partial charge in [0, 0.05) is 6.20 Å². The normalized spacial score (nSPS) is 13.1. The molecule has 1 unspecified atom stereocenters. The third-order valence-corrected chi connectivity index (χ3v) is 8.41.